The molecule has 0 radical (unpaired) electrons. The maximum absolute atomic E-state index is 12.2. The zero-order valence-corrected chi connectivity index (χ0v) is 12.0. The van der Waals surface area contributed by atoms with Crippen molar-refractivity contribution < 1.29 is 8.42 Å². The Kier molecular flexibility index (Phi) is 3.66. The zero-order valence-electron chi connectivity index (χ0n) is 11.2. The van der Waals surface area contributed by atoms with Gasteiger partial charge in [-0.2, -0.15) is 0 Å². The molecule has 1 aliphatic heterocycles. The van der Waals surface area contributed by atoms with Gasteiger partial charge in [-0.3, -0.25) is 4.79 Å². The van der Waals surface area contributed by atoms with Crippen LogP contribution in [0.3, 0.4) is 0 Å². The third-order valence-corrected chi connectivity index (χ3v) is 5.50. The average Bonchev–Trinajstić information content (AvgIpc) is 3.24. The van der Waals surface area contributed by atoms with Crippen LogP contribution >= 0.6 is 0 Å². The molecule has 1 saturated heterocycles. The highest BCUT2D eigenvalue weighted by atomic mass is 32.2. The summed E-state index contributed by atoms with van der Waals surface area (Å²) in [5.41, 5.74) is -0.304. The second kappa shape index (κ2) is 5.31. The molecule has 1 aromatic heterocycles. The minimum Gasteiger partial charge on any atom is -0.328 e. The fourth-order valence-electron chi connectivity index (χ4n) is 2.67. The molecule has 0 amide bonds. The summed E-state index contributed by atoms with van der Waals surface area (Å²) in [4.78, 5) is 15.9. The molecule has 1 saturated carbocycles. The van der Waals surface area contributed by atoms with E-state index in [2.05, 4.69) is 14.6 Å². The predicted molar refractivity (Wildman–Crippen MR) is 75.0 cm³/mol. The van der Waals surface area contributed by atoms with Gasteiger partial charge in [0.15, 0.2) is 0 Å². The lowest BCUT2D eigenvalue weighted by molar-refractivity contribution is 0.199. The molecule has 0 atom stereocenters. The Morgan fingerprint density at radius 1 is 1.15 bits per heavy atom. The first-order valence-electron chi connectivity index (χ1n) is 7.00. The van der Waals surface area contributed by atoms with E-state index in [1.165, 1.54) is 31.2 Å². The van der Waals surface area contributed by atoms with Crippen LogP contribution in [-0.4, -0.2) is 43.5 Å². The molecular weight excluding hydrogens is 278 g/mol. The molecule has 0 unspecified atom stereocenters. The fourth-order valence-corrected chi connectivity index (χ4v) is 3.94. The molecule has 0 aromatic carbocycles. The van der Waals surface area contributed by atoms with Crippen molar-refractivity contribution in [1.29, 1.82) is 0 Å². The number of nitrogens with one attached hydrogen (secondary N) is 2. The Balaban J connectivity index is 1.62. The molecule has 2 fully saturated rings. The predicted octanol–water partition coefficient (Wildman–Crippen LogP) is 0.280. The summed E-state index contributed by atoms with van der Waals surface area (Å²) in [5.74, 6) is 0. The fraction of sp³-hybridized carbons (Fsp3) is 0.615. The number of sulfonamides is 1. The first kappa shape index (κ1) is 13.8. The summed E-state index contributed by atoms with van der Waals surface area (Å²) in [7, 11) is -3.54. The molecule has 0 spiro atoms. The number of hydrogen-bond donors (Lipinski definition) is 2. The summed E-state index contributed by atoms with van der Waals surface area (Å²) in [6, 6.07) is 3.29. The Morgan fingerprint density at radius 2 is 1.85 bits per heavy atom. The van der Waals surface area contributed by atoms with Crippen LogP contribution in [0.15, 0.2) is 28.0 Å². The highest BCUT2D eigenvalue weighted by molar-refractivity contribution is 7.89. The Morgan fingerprint density at radius 3 is 2.40 bits per heavy atom. The van der Waals surface area contributed by atoms with Gasteiger partial charge in [0.25, 0.3) is 0 Å². The third-order valence-electron chi connectivity index (χ3n) is 3.98. The van der Waals surface area contributed by atoms with Crippen LogP contribution in [-0.2, 0) is 10.0 Å². The number of pyridine rings is 1. The average molecular weight is 297 g/mol. The third kappa shape index (κ3) is 3.11. The number of likely N-dealkylation sites (tertiary alicyclic amines) is 1. The van der Waals surface area contributed by atoms with E-state index in [-0.39, 0.29) is 16.5 Å². The van der Waals surface area contributed by atoms with E-state index in [0.717, 1.165) is 32.0 Å². The van der Waals surface area contributed by atoms with Gasteiger partial charge in [0.1, 0.15) is 0 Å². The first-order chi connectivity index (χ1) is 9.54. The Hall–Kier alpha value is -1.18. The summed E-state index contributed by atoms with van der Waals surface area (Å²) in [5, 5.41) is 0. The number of aromatic nitrogens is 1. The SMILES string of the molecule is O=c1ccc(S(=O)(=O)NC2CCN(C3CC3)CC2)c[nH]1. The number of nitrogens with zero attached hydrogens (tertiary/aromatic N) is 1. The topological polar surface area (TPSA) is 82.3 Å². The summed E-state index contributed by atoms with van der Waals surface area (Å²) in [6.07, 6.45) is 5.50. The monoisotopic (exact) mass is 297 g/mol. The smallest absolute Gasteiger partial charge is 0.247 e. The highest BCUT2D eigenvalue weighted by Crippen LogP contribution is 2.29. The highest BCUT2D eigenvalue weighted by Gasteiger charge is 2.32. The molecule has 3 rings (SSSR count). The van der Waals surface area contributed by atoms with Crippen LogP contribution in [0.5, 0.6) is 0 Å². The van der Waals surface area contributed by atoms with Gasteiger partial charge >= 0.3 is 0 Å². The standard InChI is InChI=1S/C13H19N3O3S/c17-13-4-3-12(9-14-13)20(18,19)15-10-5-7-16(8-6-10)11-1-2-11/h3-4,9-11,15H,1-2,5-8H2,(H,14,17). The molecule has 110 valence electrons. The molecule has 6 nitrogen and oxygen atoms in total. The van der Waals surface area contributed by atoms with Crippen molar-refractivity contribution in [3.8, 4) is 0 Å². The number of piperidine rings is 1. The lowest BCUT2D eigenvalue weighted by Gasteiger charge is -2.32. The maximum atomic E-state index is 12.2. The Labute approximate surface area is 118 Å². The minimum atomic E-state index is -3.54. The lowest BCUT2D eigenvalue weighted by Crippen LogP contribution is -2.45. The summed E-state index contributed by atoms with van der Waals surface area (Å²) in [6.45, 7) is 1.92. The normalized spacial score (nSPS) is 22.0. The van der Waals surface area contributed by atoms with Gasteiger partial charge in [-0.05, 0) is 44.8 Å². The minimum absolute atomic E-state index is 0.0121. The molecule has 0 bridgehead atoms. The van der Waals surface area contributed by atoms with Gasteiger partial charge in [-0.15, -0.1) is 0 Å². The number of H-pyrrole nitrogens is 1. The van der Waals surface area contributed by atoms with Crippen molar-refractivity contribution >= 4 is 10.0 Å². The van der Waals surface area contributed by atoms with Gasteiger partial charge in [0.05, 0.1) is 4.90 Å². The van der Waals surface area contributed by atoms with Gasteiger partial charge in [-0.25, -0.2) is 13.1 Å². The van der Waals surface area contributed by atoms with Crippen LogP contribution in [0.25, 0.3) is 0 Å². The van der Waals surface area contributed by atoms with Gasteiger partial charge in [-0.1, -0.05) is 0 Å². The number of rotatable bonds is 4. The van der Waals surface area contributed by atoms with E-state index in [4.69, 9.17) is 0 Å². The van der Waals surface area contributed by atoms with Gasteiger partial charge in [0, 0.05) is 24.3 Å². The van der Waals surface area contributed by atoms with E-state index in [0.29, 0.717) is 0 Å². The van der Waals surface area contributed by atoms with Crippen LogP contribution < -0.4 is 10.3 Å². The van der Waals surface area contributed by atoms with Crippen LogP contribution in [0.4, 0.5) is 0 Å². The van der Waals surface area contributed by atoms with E-state index in [1.807, 2.05) is 0 Å². The first-order valence-corrected chi connectivity index (χ1v) is 8.48. The summed E-state index contributed by atoms with van der Waals surface area (Å²) >= 11 is 0. The molecule has 20 heavy (non-hydrogen) atoms. The van der Waals surface area contributed by atoms with Crippen molar-refractivity contribution in [1.82, 2.24) is 14.6 Å². The second-order valence-corrected chi connectivity index (χ2v) is 7.27. The number of hydrogen-bond acceptors (Lipinski definition) is 4. The van der Waals surface area contributed by atoms with E-state index < -0.39 is 10.0 Å². The van der Waals surface area contributed by atoms with Crippen molar-refractivity contribution in [3.05, 3.63) is 28.7 Å². The van der Waals surface area contributed by atoms with Gasteiger partial charge in [0.2, 0.25) is 15.6 Å². The van der Waals surface area contributed by atoms with Crippen molar-refractivity contribution in [2.24, 2.45) is 0 Å². The van der Waals surface area contributed by atoms with E-state index in [1.54, 1.807) is 0 Å². The van der Waals surface area contributed by atoms with Crippen LogP contribution in [0.1, 0.15) is 25.7 Å². The molecule has 2 aliphatic rings. The van der Waals surface area contributed by atoms with E-state index >= 15 is 0 Å². The lowest BCUT2D eigenvalue weighted by atomic mass is 10.1. The Bertz CT molecular complexity index is 608. The van der Waals surface area contributed by atoms with Crippen molar-refractivity contribution in [2.45, 2.75) is 42.7 Å². The van der Waals surface area contributed by atoms with Crippen molar-refractivity contribution in [3.63, 3.8) is 0 Å². The second-order valence-electron chi connectivity index (χ2n) is 5.55. The molecular formula is C13H19N3O3S. The molecule has 7 heteroatoms. The van der Waals surface area contributed by atoms with Crippen LogP contribution in [0, 0.1) is 0 Å². The molecule has 2 N–H and O–H groups in total. The largest absolute Gasteiger partial charge is 0.328 e. The summed E-state index contributed by atoms with van der Waals surface area (Å²) < 4.78 is 27.1. The molecule has 1 aliphatic carbocycles. The molecule has 2 heterocycles. The van der Waals surface area contributed by atoms with E-state index in [9.17, 15) is 13.2 Å². The van der Waals surface area contributed by atoms with Crippen molar-refractivity contribution in [2.75, 3.05) is 13.1 Å². The molecule has 1 aromatic rings. The quantitative estimate of drug-likeness (QED) is 0.836. The maximum Gasteiger partial charge on any atom is 0.247 e. The zero-order chi connectivity index (χ0) is 14.2. The number of aromatic amines is 1. The van der Waals surface area contributed by atoms with Gasteiger partial charge < -0.3 is 9.88 Å². The van der Waals surface area contributed by atoms with Crippen LogP contribution in [0.2, 0.25) is 0 Å².